The zero-order valence-corrected chi connectivity index (χ0v) is 25.5. The molecule has 0 saturated heterocycles. The molecule has 0 fully saturated rings. The van der Waals surface area contributed by atoms with Gasteiger partial charge in [0.15, 0.2) is 5.78 Å². The third-order valence-electron chi connectivity index (χ3n) is 6.94. The number of aliphatic hydroxyl groups is 1. The van der Waals surface area contributed by atoms with Gasteiger partial charge < -0.3 is 25.8 Å². The Balaban J connectivity index is 2.37. The predicted octanol–water partition coefficient (Wildman–Crippen LogP) is 3.38. The number of carbonyl (C=O) groups excluding carboxylic acids is 5. The minimum Gasteiger partial charge on any atom is -0.497 e. The minimum absolute atomic E-state index is 0.0770. The van der Waals surface area contributed by atoms with Crippen LogP contribution in [0.1, 0.15) is 37.4 Å². The maximum Gasteiger partial charge on any atom is 0.405 e. The number of Topliss-reactive ketones (excluding diaryl/α,β-unsaturated/α-hetero) is 2. The van der Waals surface area contributed by atoms with Crippen LogP contribution in [0.5, 0.6) is 5.75 Å². The second-order valence-electron chi connectivity index (χ2n) is 10.8. The van der Waals surface area contributed by atoms with E-state index in [0.29, 0.717) is 6.07 Å². The molecule has 0 aromatic heterocycles. The number of hydrogen-bond acceptors (Lipinski definition) is 7. The molecule has 0 heterocycles. The molecule has 0 radical (unpaired) electrons. The number of aliphatic hydroxyl groups excluding tert-OH is 1. The summed E-state index contributed by atoms with van der Waals surface area (Å²) in [5, 5.41) is 14.3. The number of methoxy groups -OCH3 is 1. The van der Waals surface area contributed by atoms with Crippen molar-refractivity contribution in [1.82, 2.24) is 16.0 Å². The first-order valence-electron chi connectivity index (χ1n) is 14.0. The van der Waals surface area contributed by atoms with E-state index in [1.54, 1.807) is 5.32 Å². The first-order chi connectivity index (χ1) is 22.1. The molecule has 18 heteroatoms. The topological polar surface area (TPSA) is 151 Å². The van der Waals surface area contributed by atoms with Gasteiger partial charge in [-0.25, -0.2) is 4.39 Å². The molecule has 2 rings (SSSR count). The molecule has 0 aliphatic rings. The lowest BCUT2D eigenvalue weighted by Crippen LogP contribution is -2.54. The lowest BCUT2D eigenvalue weighted by molar-refractivity contribution is -0.167. The molecule has 4 N–H and O–H groups in total. The smallest absolute Gasteiger partial charge is 0.405 e. The lowest BCUT2D eigenvalue weighted by atomic mass is 9.82. The molecule has 2 aromatic carbocycles. The maximum atomic E-state index is 14.7. The summed E-state index contributed by atoms with van der Waals surface area (Å²) in [6.45, 7) is -1.05. The van der Waals surface area contributed by atoms with Crippen LogP contribution in [0.4, 0.5) is 35.1 Å². The van der Waals surface area contributed by atoms with Crippen LogP contribution in [0.3, 0.4) is 0 Å². The van der Waals surface area contributed by atoms with E-state index in [1.165, 1.54) is 45.2 Å². The van der Waals surface area contributed by atoms with Crippen LogP contribution in [-0.4, -0.2) is 72.8 Å². The Bertz CT molecular complexity index is 1480. The van der Waals surface area contributed by atoms with Crippen LogP contribution < -0.4 is 20.7 Å². The van der Waals surface area contributed by atoms with Gasteiger partial charge in [0.25, 0.3) is 11.8 Å². The molecular weight excluding hydrogens is 666 g/mol. The average molecular weight is 698 g/mol. The summed E-state index contributed by atoms with van der Waals surface area (Å²) < 4.78 is 115. The van der Waals surface area contributed by atoms with Crippen molar-refractivity contribution in [1.29, 1.82) is 0 Å². The molecule has 10 nitrogen and oxygen atoms in total. The summed E-state index contributed by atoms with van der Waals surface area (Å²) in [6.07, 6.45) is -6.18. The summed E-state index contributed by atoms with van der Waals surface area (Å²) in [7, 11) is 1.29. The van der Waals surface area contributed by atoms with Crippen molar-refractivity contribution >= 4 is 29.3 Å². The third kappa shape index (κ3) is 10.2. The van der Waals surface area contributed by atoms with Gasteiger partial charge in [-0.05, 0) is 35.7 Å². The van der Waals surface area contributed by atoms with Crippen LogP contribution in [0.25, 0.3) is 0 Å². The molecule has 3 atom stereocenters. The first-order valence-corrected chi connectivity index (χ1v) is 14.0. The number of alkyl halides is 7. The standard InChI is InChI=1S/C30H31F8N3O7/c1-15(2)20(24(44)30(37,38)26(46)39-14-28(32,33)34)12-22(43)23(16-7-9-19(48-3)10-8-16)41-25(45)21(13-42)40-27(47)29(35,36)17-5-4-6-18(31)11-17/h4-11,15,20-21,23,42H,12-14H2,1-3H3,(H,39,46)(H,40,47)(H,41,45)/t20-,21-,23-/m0/s1. The Hall–Kier alpha value is -4.61. The van der Waals surface area contributed by atoms with Gasteiger partial charge >= 0.3 is 18.0 Å². The largest absolute Gasteiger partial charge is 0.497 e. The van der Waals surface area contributed by atoms with Crippen molar-refractivity contribution in [3.05, 3.63) is 65.5 Å². The number of halogens is 8. The quantitative estimate of drug-likeness (QED) is 0.155. The molecule has 0 unspecified atom stereocenters. The molecule has 2 aromatic rings. The van der Waals surface area contributed by atoms with Crippen LogP contribution in [0.2, 0.25) is 0 Å². The zero-order chi connectivity index (χ0) is 36.6. The minimum atomic E-state index is -5.08. The van der Waals surface area contributed by atoms with Gasteiger partial charge in [0.2, 0.25) is 11.7 Å². The van der Waals surface area contributed by atoms with E-state index in [2.05, 4.69) is 5.32 Å². The fourth-order valence-electron chi connectivity index (χ4n) is 4.25. The molecular formula is C30H31F8N3O7. The maximum absolute atomic E-state index is 14.7. The van der Waals surface area contributed by atoms with Crippen LogP contribution in [0.15, 0.2) is 48.5 Å². The van der Waals surface area contributed by atoms with Gasteiger partial charge in [-0.3, -0.25) is 24.0 Å². The highest BCUT2D eigenvalue weighted by atomic mass is 19.4. The van der Waals surface area contributed by atoms with E-state index in [9.17, 15) is 64.2 Å². The summed E-state index contributed by atoms with van der Waals surface area (Å²) in [5.41, 5.74) is -1.16. The number of amides is 3. The Labute approximate surface area is 268 Å². The van der Waals surface area contributed by atoms with Gasteiger partial charge in [0.05, 0.1) is 13.7 Å². The molecule has 0 bridgehead atoms. The molecule has 48 heavy (non-hydrogen) atoms. The molecule has 3 amide bonds. The molecule has 0 saturated carbocycles. The van der Waals surface area contributed by atoms with E-state index in [4.69, 9.17) is 4.74 Å². The molecule has 0 spiro atoms. The highest BCUT2D eigenvalue weighted by Crippen LogP contribution is 2.31. The average Bonchev–Trinajstić information content (AvgIpc) is 3.02. The number of benzene rings is 2. The highest BCUT2D eigenvalue weighted by molar-refractivity contribution is 6.09. The Morgan fingerprint density at radius 1 is 0.875 bits per heavy atom. The van der Waals surface area contributed by atoms with Gasteiger partial charge in [0.1, 0.15) is 30.2 Å². The normalized spacial score (nSPS) is 14.0. The number of rotatable bonds is 16. The zero-order valence-electron chi connectivity index (χ0n) is 25.5. The lowest BCUT2D eigenvalue weighted by Gasteiger charge is -2.27. The van der Waals surface area contributed by atoms with Crippen molar-refractivity contribution in [2.24, 2.45) is 11.8 Å². The summed E-state index contributed by atoms with van der Waals surface area (Å²) in [5.74, 6) is -22.8. The number of carbonyl (C=O) groups is 5. The fourth-order valence-corrected chi connectivity index (χ4v) is 4.25. The van der Waals surface area contributed by atoms with Gasteiger partial charge in [-0.15, -0.1) is 0 Å². The van der Waals surface area contributed by atoms with Crippen molar-refractivity contribution in [3.8, 4) is 5.75 Å². The third-order valence-corrected chi connectivity index (χ3v) is 6.94. The number of ether oxygens (including phenoxy) is 1. The fraction of sp³-hybridized carbons (Fsp3) is 0.433. The van der Waals surface area contributed by atoms with Crippen LogP contribution >= 0.6 is 0 Å². The van der Waals surface area contributed by atoms with Gasteiger partial charge in [0, 0.05) is 17.9 Å². The van der Waals surface area contributed by atoms with E-state index < -0.39 is 102 Å². The molecule has 0 aliphatic carbocycles. The Kier molecular flexibility index (Phi) is 13.2. The van der Waals surface area contributed by atoms with Crippen molar-refractivity contribution < 1.29 is 68.9 Å². The first kappa shape index (κ1) is 39.6. The monoisotopic (exact) mass is 697 g/mol. The second kappa shape index (κ2) is 16.0. The Morgan fingerprint density at radius 3 is 1.98 bits per heavy atom. The molecule has 0 aliphatic heterocycles. The van der Waals surface area contributed by atoms with E-state index in [1.807, 2.05) is 0 Å². The van der Waals surface area contributed by atoms with Gasteiger partial charge in [-0.1, -0.05) is 38.1 Å². The Morgan fingerprint density at radius 2 is 1.48 bits per heavy atom. The van der Waals surface area contributed by atoms with Crippen LogP contribution in [0, 0.1) is 17.7 Å². The number of ketones is 2. The highest BCUT2D eigenvalue weighted by Gasteiger charge is 2.52. The van der Waals surface area contributed by atoms with E-state index in [-0.39, 0.29) is 11.3 Å². The van der Waals surface area contributed by atoms with Crippen molar-refractivity contribution in [3.63, 3.8) is 0 Å². The summed E-state index contributed by atoms with van der Waals surface area (Å²) in [6, 6.07) is 3.87. The van der Waals surface area contributed by atoms with Crippen LogP contribution in [-0.2, 0) is 29.9 Å². The summed E-state index contributed by atoms with van der Waals surface area (Å²) in [4.78, 5) is 63.6. The molecule has 264 valence electrons. The van der Waals surface area contributed by atoms with Gasteiger partial charge in [-0.2, -0.15) is 30.7 Å². The predicted molar refractivity (Wildman–Crippen MR) is 150 cm³/mol. The second-order valence-corrected chi connectivity index (χ2v) is 10.8. The van der Waals surface area contributed by atoms with E-state index in [0.717, 1.165) is 23.5 Å². The van der Waals surface area contributed by atoms with E-state index >= 15 is 0 Å². The number of hydrogen-bond donors (Lipinski definition) is 4. The van der Waals surface area contributed by atoms with Crippen molar-refractivity contribution in [2.45, 2.75) is 50.4 Å². The van der Waals surface area contributed by atoms with Crippen molar-refractivity contribution in [2.75, 3.05) is 20.3 Å². The summed E-state index contributed by atoms with van der Waals surface area (Å²) >= 11 is 0. The SMILES string of the molecule is COc1ccc([C@H](NC(=O)[C@H](CO)NC(=O)C(F)(F)c2cccc(F)c2)C(=O)C[C@H](C(=O)C(F)(F)C(=O)NCC(F)(F)F)C(C)C)cc1. The number of nitrogens with one attached hydrogen (secondary N) is 3.